The van der Waals surface area contributed by atoms with Crippen molar-refractivity contribution in [2.24, 2.45) is 5.92 Å². The zero-order valence-corrected chi connectivity index (χ0v) is 9.18. The molecule has 0 radical (unpaired) electrons. The third kappa shape index (κ3) is 4.10. The molecule has 0 aromatic rings. The summed E-state index contributed by atoms with van der Waals surface area (Å²) in [6, 6.07) is 0. The number of nitrogens with one attached hydrogen (secondary N) is 1. The van der Waals surface area contributed by atoms with Gasteiger partial charge in [-0.05, 0) is 51.4 Å². The van der Waals surface area contributed by atoms with Crippen molar-refractivity contribution in [1.82, 2.24) is 10.2 Å². The first-order chi connectivity index (χ1) is 6.36. The van der Waals surface area contributed by atoms with E-state index in [1.165, 1.54) is 45.4 Å². The Morgan fingerprint density at radius 1 is 1.38 bits per heavy atom. The van der Waals surface area contributed by atoms with Crippen LogP contribution in [0.15, 0.2) is 0 Å². The molecule has 1 atom stereocenters. The second kappa shape index (κ2) is 6.39. The van der Waals surface area contributed by atoms with Crippen LogP contribution in [0.2, 0.25) is 0 Å². The van der Waals surface area contributed by atoms with Gasteiger partial charge in [-0.3, -0.25) is 0 Å². The lowest BCUT2D eigenvalue weighted by Crippen LogP contribution is -2.36. The van der Waals surface area contributed by atoms with Crippen molar-refractivity contribution in [3.05, 3.63) is 0 Å². The van der Waals surface area contributed by atoms with Crippen LogP contribution in [-0.4, -0.2) is 37.6 Å². The Morgan fingerprint density at radius 3 is 2.92 bits per heavy atom. The van der Waals surface area contributed by atoms with Crippen molar-refractivity contribution in [2.75, 3.05) is 32.7 Å². The highest BCUT2D eigenvalue weighted by Crippen LogP contribution is 2.18. The highest BCUT2D eigenvalue weighted by molar-refractivity contribution is 4.72. The second-order valence-electron chi connectivity index (χ2n) is 4.04. The normalized spacial score (nSPS) is 24.9. The number of piperidine rings is 1. The Morgan fingerprint density at radius 2 is 2.23 bits per heavy atom. The molecule has 0 aromatic carbocycles. The van der Waals surface area contributed by atoms with Crippen molar-refractivity contribution in [1.29, 1.82) is 0 Å². The molecule has 0 aliphatic carbocycles. The lowest BCUT2D eigenvalue weighted by atomic mass is 9.95. The van der Waals surface area contributed by atoms with E-state index >= 15 is 0 Å². The van der Waals surface area contributed by atoms with Crippen LogP contribution >= 0.6 is 0 Å². The Hall–Kier alpha value is -0.0800. The summed E-state index contributed by atoms with van der Waals surface area (Å²) in [6.07, 6.45) is 4.22. The lowest BCUT2D eigenvalue weighted by molar-refractivity contribution is 0.176. The molecule has 2 nitrogen and oxygen atoms in total. The number of likely N-dealkylation sites (tertiary alicyclic amines) is 1. The van der Waals surface area contributed by atoms with Crippen LogP contribution in [0, 0.1) is 5.92 Å². The van der Waals surface area contributed by atoms with E-state index in [4.69, 9.17) is 0 Å². The zero-order valence-electron chi connectivity index (χ0n) is 9.18. The van der Waals surface area contributed by atoms with Gasteiger partial charge in [0.05, 0.1) is 0 Å². The average molecular weight is 184 g/mol. The smallest absolute Gasteiger partial charge is 0.00100 e. The molecule has 1 fully saturated rings. The fourth-order valence-corrected chi connectivity index (χ4v) is 2.16. The van der Waals surface area contributed by atoms with Gasteiger partial charge in [-0.15, -0.1) is 0 Å². The number of nitrogens with zero attached hydrogens (tertiary/aromatic N) is 1. The first-order valence-electron chi connectivity index (χ1n) is 5.79. The number of rotatable bonds is 5. The predicted octanol–water partition coefficient (Wildman–Crippen LogP) is 1.72. The number of hydrogen-bond donors (Lipinski definition) is 1. The fourth-order valence-electron chi connectivity index (χ4n) is 2.16. The molecule has 0 bridgehead atoms. The van der Waals surface area contributed by atoms with Gasteiger partial charge in [0.15, 0.2) is 0 Å². The molecule has 13 heavy (non-hydrogen) atoms. The van der Waals surface area contributed by atoms with Crippen molar-refractivity contribution >= 4 is 0 Å². The van der Waals surface area contributed by atoms with Gasteiger partial charge in [0.25, 0.3) is 0 Å². The summed E-state index contributed by atoms with van der Waals surface area (Å²) in [7, 11) is 0. The molecule has 1 unspecified atom stereocenters. The molecule has 2 heteroatoms. The molecule has 1 rings (SSSR count). The van der Waals surface area contributed by atoms with Crippen LogP contribution in [-0.2, 0) is 0 Å². The summed E-state index contributed by atoms with van der Waals surface area (Å²) in [5.41, 5.74) is 0. The SMILES string of the molecule is CCNCCC1CCCN(CC)C1. The van der Waals surface area contributed by atoms with Gasteiger partial charge < -0.3 is 10.2 Å². The van der Waals surface area contributed by atoms with Crippen molar-refractivity contribution in [2.45, 2.75) is 33.1 Å². The molecule has 1 saturated heterocycles. The van der Waals surface area contributed by atoms with E-state index in [2.05, 4.69) is 24.1 Å². The fraction of sp³-hybridized carbons (Fsp3) is 1.00. The van der Waals surface area contributed by atoms with Gasteiger partial charge in [-0.25, -0.2) is 0 Å². The Balaban J connectivity index is 2.11. The van der Waals surface area contributed by atoms with Gasteiger partial charge >= 0.3 is 0 Å². The van der Waals surface area contributed by atoms with E-state index in [0.717, 1.165) is 12.5 Å². The van der Waals surface area contributed by atoms with Gasteiger partial charge in [0.2, 0.25) is 0 Å². The molecule has 1 aliphatic rings. The van der Waals surface area contributed by atoms with E-state index in [1.54, 1.807) is 0 Å². The van der Waals surface area contributed by atoms with Crippen LogP contribution < -0.4 is 5.32 Å². The molecule has 1 aliphatic heterocycles. The molecule has 1 heterocycles. The van der Waals surface area contributed by atoms with E-state index < -0.39 is 0 Å². The Bertz CT molecular complexity index is 125. The highest BCUT2D eigenvalue weighted by atomic mass is 15.1. The van der Waals surface area contributed by atoms with Crippen LogP contribution in [0.4, 0.5) is 0 Å². The van der Waals surface area contributed by atoms with Crippen LogP contribution in [0.5, 0.6) is 0 Å². The van der Waals surface area contributed by atoms with Crippen LogP contribution in [0.3, 0.4) is 0 Å². The van der Waals surface area contributed by atoms with E-state index in [-0.39, 0.29) is 0 Å². The standard InChI is InChI=1S/C11H24N2/c1-3-12-8-7-11-6-5-9-13(4-2)10-11/h11-12H,3-10H2,1-2H3. The summed E-state index contributed by atoms with van der Waals surface area (Å²) in [6.45, 7) is 10.7. The Labute approximate surface area is 82.7 Å². The topological polar surface area (TPSA) is 15.3 Å². The van der Waals surface area contributed by atoms with Crippen molar-refractivity contribution in [3.8, 4) is 0 Å². The molecule has 0 aromatic heterocycles. The molecule has 0 saturated carbocycles. The molecule has 78 valence electrons. The predicted molar refractivity (Wildman–Crippen MR) is 58.0 cm³/mol. The minimum atomic E-state index is 0.952. The van der Waals surface area contributed by atoms with Crippen LogP contribution in [0.1, 0.15) is 33.1 Å². The lowest BCUT2D eigenvalue weighted by Gasteiger charge is -2.31. The molecule has 0 spiro atoms. The molecular formula is C11H24N2. The van der Waals surface area contributed by atoms with E-state index in [9.17, 15) is 0 Å². The van der Waals surface area contributed by atoms with Crippen LogP contribution in [0.25, 0.3) is 0 Å². The average Bonchev–Trinajstić information content (AvgIpc) is 2.19. The third-order valence-electron chi connectivity index (χ3n) is 3.03. The second-order valence-corrected chi connectivity index (χ2v) is 4.04. The molecular weight excluding hydrogens is 160 g/mol. The van der Waals surface area contributed by atoms with Gasteiger partial charge in [-0.1, -0.05) is 13.8 Å². The summed E-state index contributed by atoms with van der Waals surface area (Å²) < 4.78 is 0. The minimum absolute atomic E-state index is 0.952. The zero-order chi connectivity index (χ0) is 9.52. The maximum Gasteiger partial charge on any atom is 0.00100 e. The highest BCUT2D eigenvalue weighted by Gasteiger charge is 2.17. The third-order valence-corrected chi connectivity index (χ3v) is 3.03. The molecule has 0 amide bonds. The quantitative estimate of drug-likeness (QED) is 0.654. The summed E-state index contributed by atoms with van der Waals surface area (Å²) >= 11 is 0. The van der Waals surface area contributed by atoms with E-state index in [0.29, 0.717) is 0 Å². The van der Waals surface area contributed by atoms with Gasteiger partial charge in [0, 0.05) is 6.54 Å². The van der Waals surface area contributed by atoms with Crippen molar-refractivity contribution < 1.29 is 0 Å². The van der Waals surface area contributed by atoms with E-state index in [1.807, 2.05) is 0 Å². The first kappa shape index (κ1) is 11.0. The number of hydrogen-bond acceptors (Lipinski definition) is 2. The Kier molecular flexibility index (Phi) is 5.40. The van der Waals surface area contributed by atoms with Gasteiger partial charge in [0.1, 0.15) is 0 Å². The summed E-state index contributed by atoms with van der Waals surface area (Å²) in [5.74, 6) is 0.952. The maximum absolute atomic E-state index is 3.41. The van der Waals surface area contributed by atoms with Crippen molar-refractivity contribution in [3.63, 3.8) is 0 Å². The summed E-state index contributed by atoms with van der Waals surface area (Å²) in [5, 5.41) is 3.41. The monoisotopic (exact) mass is 184 g/mol. The van der Waals surface area contributed by atoms with Gasteiger partial charge in [-0.2, -0.15) is 0 Å². The largest absolute Gasteiger partial charge is 0.317 e. The first-order valence-corrected chi connectivity index (χ1v) is 5.79. The summed E-state index contributed by atoms with van der Waals surface area (Å²) in [4.78, 5) is 2.58. The minimum Gasteiger partial charge on any atom is -0.317 e. The molecule has 1 N–H and O–H groups in total. The maximum atomic E-state index is 3.41.